The minimum atomic E-state index is 0.120. The van der Waals surface area contributed by atoms with Crippen molar-refractivity contribution in [2.75, 3.05) is 26.7 Å². The van der Waals surface area contributed by atoms with Crippen molar-refractivity contribution in [1.29, 1.82) is 0 Å². The van der Waals surface area contributed by atoms with Crippen molar-refractivity contribution in [2.45, 2.75) is 51.8 Å². The molecule has 6 heteroatoms. The van der Waals surface area contributed by atoms with Gasteiger partial charge >= 0.3 is 0 Å². The Morgan fingerprint density at radius 2 is 1.94 bits per heavy atom. The zero-order valence-corrected chi connectivity index (χ0v) is 19.8. The normalized spacial score (nSPS) is 21.3. The van der Waals surface area contributed by atoms with Crippen LogP contribution in [0.1, 0.15) is 54.0 Å². The highest BCUT2D eigenvalue weighted by Crippen LogP contribution is 2.33. The zero-order chi connectivity index (χ0) is 23.0. The van der Waals surface area contributed by atoms with E-state index in [0.29, 0.717) is 25.4 Å². The fourth-order valence-corrected chi connectivity index (χ4v) is 4.74. The summed E-state index contributed by atoms with van der Waals surface area (Å²) in [4.78, 5) is 18.3. The molecule has 6 nitrogen and oxygen atoms in total. The number of nitrogens with one attached hydrogen (secondary N) is 2. The van der Waals surface area contributed by atoms with Crippen LogP contribution >= 0.6 is 0 Å². The lowest BCUT2D eigenvalue weighted by atomic mass is 9.89. The molecule has 2 aliphatic rings. The van der Waals surface area contributed by atoms with Gasteiger partial charge in [-0.1, -0.05) is 54.1 Å². The van der Waals surface area contributed by atoms with Crippen molar-refractivity contribution in [1.82, 2.24) is 15.5 Å². The van der Waals surface area contributed by atoms with Crippen LogP contribution in [0.5, 0.6) is 0 Å². The number of carbonyl (C=O) groups is 1. The molecule has 0 spiro atoms. The first kappa shape index (κ1) is 23.3. The Labute approximate surface area is 197 Å². The number of ether oxygens (including phenoxy) is 1. The average molecular weight is 449 g/mol. The number of hydrogen-bond donors (Lipinski definition) is 2. The van der Waals surface area contributed by atoms with Gasteiger partial charge in [0.15, 0.2) is 5.96 Å². The minimum Gasteiger partial charge on any atom is -0.373 e. The third-order valence-electron chi connectivity index (χ3n) is 6.60. The molecule has 2 N–H and O–H groups in total. The summed E-state index contributed by atoms with van der Waals surface area (Å²) in [6.45, 7) is 6.00. The molecule has 1 amide bonds. The number of likely N-dealkylation sites (tertiary alicyclic amines) is 1. The molecule has 2 aliphatic heterocycles. The van der Waals surface area contributed by atoms with E-state index in [-0.39, 0.29) is 12.0 Å². The van der Waals surface area contributed by atoms with Crippen LogP contribution in [0.4, 0.5) is 0 Å². The number of aliphatic imine (C=N–C) groups is 1. The minimum absolute atomic E-state index is 0.120. The molecule has 2 aromatic carbocycles. The molecule has 0 aromatic heterocycles. The van der Waals surface area contributed by atoms with Crippen LogP contribution in [-0.2, 0) is 22.6 Å². The van der Waals surface area contributed by atoms with Gasteiger partial charge in [-0.15, -0.1) is 0 Å². The molecule has 2 heterocycles. The Morgan fingerprint density at radius 3 is 2.70 bits per heavy atom. The quantitative estimate of drug-likeness (QED) is 0.497. The van der Waals surface area contributed by atoms with E-state index in [9.17, 15) is 4.79 Å². The molecule has 0 bridgehead atoms. The van der Waals surface area contributed by atoms with Gasteiger partial charge in [0.2, 0.25) is 5.91 Å². The fourth-order valence-electron chi connectivity index (χ4n) is 4.74. The van der Waals surface area contributed by atoms with Gasteiger partial charge in [-0.2, -0.15) is 0 Å². The van der Waals surface area contributed by atoms with Crippen LogP contribution in [0.15, 0.2) is 53.5 Å². The highest BCUT2D eigenvalue weighted by atomic mass is 16.5. The van der Waals surface area contributed by atoms with Crippen molar-refractivity contribution < 1.29 is 9.53 Å². The summed E-state index contributed by atoms with van der Waals surface area (Å²) in [6, 6.07) is 17.1. The smallest absolute Gasteiger partial charge is 0.222 e. The first-order chi connectivity index (χ1) is 16.1. The first-order valence-electron chi connectivity index (χ1n) is 12.1. The molecule has 2 atom stereocenters. The van der Waals surface area contributed by atoms with Crippen molar-refractivity contribution >= 4 is 11.9 Å². The topological polar surface area (TPSA) is 66.0 Å². The molecule has 2 fully saturated rings. The van der Waals surface area contributed by atoms with Gasteiger partial charge in [0.25, 0.3) is 0 Å². The molecule has 2 saturated heterocycles. The van der Waals surface area contributed by atoms with Gasteiger partial charge in [-0.25, -0.2) is 0 Å². The summed E-state index contributed by atoms with van der Waals surface area (Å²) < 4.78 is 6.16. The maximum absolute atomic E-state index is 11.9. The number of aryl methyl sites for hydroxylation is 1. The molecule has 2 unspecified atom stereocenters. The van der Waals surface area contributed by atoms with E-state index >= 15 is 0 Å². The average Bonchev–Trinajstić information content (AvgIpc) is 3.24. The summed E-state index contributed by atoms with van der Waals surface area (Å²) in [5.74, 6) is 1.46. The number of hydrogen-bond acceptors (Lipinski definition) is 3. The standard InChI is InChI=1S/C27H36N4O2/c1-20-10-12-23(13-11-20)26-24(8-5-15-33-26)18-30-27(28-2)29-17-21-6-3-7-22(16-21)19-31-14-4-9-25(31)32/h3,6-7,10-13,16,24,26H,4-5,8-9,14-15,17-19H2,1-2H3,(H2,28,29,30). The van der Waals surface area contributed by atoms with E-state index in [0.717, 1.165) is 44.9 Å². The summed E-state index contributed by atoms with van der Waals surface area (Å²) in [5.41, 5.74) is 4.88. The van der Waals surface area contributed by atoms with Crippen molar-refractivity contribution in [2.24, 2.45) is 10.9 Å². The van der Waals surface area contributed by atoms with Gasteiger partial charge in [0.05, 0.1) is 6.10 Å². The first-order valence-corrected chi connectivity index (χ1v) is 12.1. The van der Waals surface area contributed by atoms with Gasteiger partial charge in [-0.3, -0.25) is 9.79 Å². The summed E-state index contributed by atoms with van der Waals surface area (Å²) >= 11 is 0. The van der Waals surface area contributed by atoms with Crippen LogP contribution in [0, 0.1) is 12.8 Å². The van der Waals surface area contributed by atoms with Crippen LogP contribution in [0.3, 0.4) is 0 Å². The van der Waals surface area contributed by atoms with Crippen LogP contribution in [0.2, 0.25) is 0 Å². The third kappa shape index (κ3) is 6.35. The molecule has 0 radical (unpaired) electrons. The Morgan fingerprint density at radius 1 is 1.12 bits per heavy atom. The predicted molar refractivity (Wildman–Crippen MR) is 132 cm³/mol. The molecular weight excluding hydrogens is 412 g/mol. The van der Waals surface area contributed by atoms with Gasteiger partial charge in [0.1, 0.15) is 0 Å². The molecule has 4 rings (SSSR count). The molecule has 176 valence electrons. The fraction of sp³-hybridized carbons (Fsp3) is 0.481. The maximum atomic E-state index is 11.9. The second-order valence-corrected chi connectivity index (χ2v) is 9.15. The molecular formula is C27H36N4O2. The largest absolute Gasteiger partial charge is 0.373 e. The van der Waals surface area contributed by atoms with E-state index in [1.807, 2.05) is 4.90 Å². The van der Waals surface area contributed by atoms with Crippen LogP contribution < -0.4 is 10.6 Å². The monoisotopic (exact) mass is 448 g/mol. The van der Waals surface area contributed by atoms with Crippen molar-refractivity contribution in [3.63, 3.8) is 0 Å². The summed E-state index contributed by atoms with van der Waals surface area (Å²) in [5, 5.41) is 6.94. The Balaban J connectivity index is 1.30. The maximum Gasteiger partial charge on any atom is 0.222 e. The predicted octanol–water partition coefficient (Wildman–Crippen LogP) is 3.95. The number of benzene rings is 2. The van der Waals surface area contributed by atoms with Gasteiger partial charge in [-0.05, 0) is 42.9 Å². The SMILES string of the molecule is CN=C(NCc1cccc(CN2CCCC2=O)c1)NCC1CCCOC1c1ccc(C)cc1. The third-order valence-corrected chi connectivity index (χ3v) is 6.60. The number of amides is 1. The van der Waals surface area contributed by atoms with Crippen LogP contribution in [-0.4, -0.2) is 43.5 Å². The second kappa shape index (κ2) is 11.3. The Kier molecular flexibility index (Phi) is 8.00. The van der Waals surface area contributed by atoms with E-state index in [4.69, 9.17) is 4.74 Å². The van der Waals surface area contributed by atoms with E-state index in [1.165, 1.54) is 22.3 Å². The number of guanidine groups is 1. The molecule has 2 aromatic rings. The number of rotatable bonds is 7. The Hall–Kier alpha value is -2.86. The lowest BCUT2D eigenvalue weighted by Gasteiger charge is -2.32. The van der Waals surface area contributed by atoms with Crippen molar-refractivity contribution in [3.8, 4) is 0 Å². The lowest BCUT2D eigenvalue weighted by Crippen LogP contribution is -2.41. The molecule has 0 saturated carbocycles. The van der Waals surface area contributed by atoms with E-state index < -0.39 is 0 Å². The molecule has 0 aliphatic carbocycles. The van der Waals surface area contributed by atoms with Gasteiger partial charge < -0.3 is 20.3 Å². The van der Waals surface area contributed by atoms with E-state index in [1.54, 1.807) is 7.05 Å². The highest BCUT2D eigenvalue weighted by Gasteiger charge is 2.27. The van der Waals surface area contributed by atoms with Crippen LogP contribution in [0.25, 0.3) is 0 Å². The van der Waals surface area contributed by atoms with Gasteiger partial charge in [0, 0.05) is 52.2 Å². The molecule has 33 heavy (non-hydrogen) atoms. The zero-order valence-electron chi connectivity index (χ0n) is 19.8. The number of nitrogens with zero attached hydrogens (tertiary/aromatic N) is 2. The Bertz CT molecular complexity index is 957. The van der Waals surface area contributed by atoms with Crippen molar-refractivity contribution in [3.05, 3.63) is 70.8 Å². The second-order valence-electron chi connectivity index (χ2n) is 9.15. The van der Waals surface area contributed by atoms with E-state index in [2.05, 4.69) is 71.1 Å². The lowest BCUT2D eigenvalue weighted by molar-refractivity contribution is -0.128. The summed E-state index contributed by atoms with van der Waals surface area (Å²) in [7, 11) is 1.81. The highest BCUT2D eigenvalue weighted by molar-refractivity contribution is 5.79. The number of carbonyl (C=O) groups excluding carboxylic acids is 1. The summed E-state index contributed by atoms with van der Waals surface area (Å²) in [6.07, 6.45) is 4.00.